The van der Waals surface area contributed by atoms with E-state index >= 15 is 0 Å². The largest absolute Gasteiger partial charge is 0.493 e. The lowest BCUT2D eigenvalue weighted by Gasteiger charge is -2.13. The van der Waals surface area contributed by atoms with Gasteiger partial charge in [-0.25, -0.2) is 0 Å². The van der Waals surface area contributed by atoms with Crippen molar-refractivity contribution >= 4 is 11.6 Å². The van der Waals surface area contributed by atoms with Crippen molar-refractivity contribution in [3.05, 3.63) is 34.6 Å². The van der Waals surface area contributed by atoms with Crippen LogP contribution in [0.15, 0.2) is 18.3 Å². The van der Waals surface area contributed by atoms with Crippen molar-refractivity contribution in [3.8, 4) is 11.5 Å². The van der Waals surface area contributed by atoms with Crippen molar-refractivity contribution in [2.75, 3.05) is 13.2 Å². The van der Waals surface area contributed by atoms with Crippen LogP contribution >= 0.6 is 11.6 Å². The summed E-state index contributed by atoms with van der Waals surface area (Å²) >= 11 is 6.28. The van der Waals surface area contributed by atoms with Crippen LogP contribution in [0.5, 0.6) is 11.5 Å². The topological polar surface area (TPSA) is 49.2 Å². The molecule has 2 rings (SSSR count). The van der Waals surface area contributed by atoms with E-state index in [1.54, 1.807) is 0 Å². The summed E-state index contributed by atoms with van der Waals surface area (Å²) in [5, 5.41) is 8.82. The van der Waals surface area contributed by atoms with E-state index in [4.69, 9.17) is 21.1 Å². The Balaban J connectivity index is 2.15. The van der Waals surface area contributed by atoms with Gasteiger partial charge in [0.2, 0.25) is 0 Å². The highest BCUT2D eigenvalue weighted by atomic mass is 35.5. The minimum absolute atomic E-state index is 0.574. The number of aromatic nitrogens is 3. The third-order valence-corrected chi connectivity index (χ3v) is 3.57. The fraction of sp³-hybridized carbons (Fsp3) is 0.500. The fourth-order valence-electron chi connectivity index (χ4n) is 2.20. The Bertz CT molecular complexity index is 613. The van der Waals surface area contributed by atoms with Gasteiger partial charge in [-0.2, -0.15) is 0 Å². The van der Waals surface area contributed by atoms with Crippen LogP contribution in [0, 0.1) is 0 Å². The molecule has 0 bridgehead atoms. The molecule has 0 N–H and O–H groups in total. The molecule has 1 aromatic heterocycles. The van der Waals surface area contributed by atoms with E-state index in [0.717, 1.165) is 36.4 Å². The van der Waals surface area contributed by atoms with Crippen LogP contribution in [-0.4, -0.2) is 28.2 Å². The minimum atomic E-state index is 0.574. The van der Waals surface area contributed by atoms with Gasteiger partial charge >= 0.3 is 0 Å². The Morgan fingerprint density at radius 2 is 1.77 bits per heavy atom. The normalized spacial score (nSPS) is 10.7. The molecule has 0 aliphatic heterocycles. The van der Waals surface area contributed by atoms with Gasteiger partial charge in [0, 0.05) is 18.8 Å². The molecule has 0 atom stereocenters. The molecule has 1 heterocycles. The zero-order valence-corrected chi connectivity index (χ0v) is 14.1. The van der Waals surface area contributed by atoms with Gasteiger partial charge in [-0.1, -0.05) is 16.8 Å². The molecule has 5 nitrogen and oxygen atoms in total. The molecule has 6 heteroatoms. The summed E-state index contributed by atoms with van der Waals surface area (Å²) in [5.41, 5.74) is 2.02. The van der Waals surface area contributed by atoms with E-state index in [1.165, 1.54) is 0 Å². The number of hydrogen-bond donors (Lipinski definition) is 0. The Morgan fingerprint density at radius 1 is 1.05 bits per heavy atom. The maximum absolute atomic E-state index is 6.28. The van der Waals surface area contributed by atoms with Gasteiger partial charge in [-0.3, -0.25) is 4.68 Å². The molecule has 22 heavy (non-hydrogen) atoms. The predicted molar refractivity (Wildman–Crippen MR) is 86.9 cm³/mol. The SMILES string of the molecule is CCOc1cc(OCC)c(CCc2cn(CC)nn2)cc1Cl. The average Bonchev–Trinajstić information content (AvgIpc) is 2.97. The van der Waals surface area contributed by atoms with Crippen LogP contribution in [0.25, 0.3) is 0 Å². The zero-order chi connectivity index (χ0) is 15.9. The van der Waals surface area contributed by atoms with E-state index in [-0.39, 0.29) is 0 Å². The van der Waals surface area contributed by atoms with Crippen molar-refractivity contribution in [1.82, 2.24) is 15.0 Å². The van der Waals surface area contributed by atoms with Crippen LogP contribution in [0.2, 0.25) is 5.02 Å². The third kappa shape index (κ3) is 4.13. The van der Waals surface area contributed by atoms with E-state index < -0.39 is 0 Å². The molecule has 0 amide bonds. The van der Waals surface area contributed by atoms with Gasteiger partial charge in [-0.15, -0.1) is 5.10 Å². The molecule has 0 unspecified atom stereocenters. The number of aryl methyl sites for hydroxylation is 3. The molecule has 0 radical (unpaired) electrons. The van der Waals surface area contributed by atoms with Crippen LogP contribution in [0.1, 0.15) is 32.0 Å². The average molecular weight is 324 g/mol. The highest BCUT2D eigenvalue weighted by Gasteiger charge is 2.12. The molecule has 120 valence electrons. The number of rotatable bonds is 8. The molecule has 0 saturated heterocycles. The fourth-order valence-corrected chi connectivity index (χ4v) is 2.44. The number of benzene rings is 1. The summed E-state index contributed by atoms with van der Waals surface area (Å²) in [5.74, 6) is 1.48. The van der Waals surface area contributed by atoms with Crippen molar-refractivity contribution in [2.24, 2.45) is 0 Å². The predicted octanol–water partition coefficient (Wildman–Crippen LogP) is 3.53. The molecule has 0 aliphatic rings. The molecule has 0 spiro atoms. The second-order valence-electron chi connectivity index (χ2n) is 4.82. The van der Waals surface area contributed by atoms with Gasteiger partial charge in [0.15, 0.2) is 0 Å². The summed E-state index contributed by atoms with van der Waals surface area (Å²) < 4.78 is 13.1. The lowest BCUT2D eigenvalue weighted by Crippen LogP contribution is -2.01. The third-order valence-electron chi connectivity index (χ3n) is 3.28. The molecule has 0 aliphatic carbocycles. The number of nitrogens with zero attached hydrogens (tertiary/aromatic N) is 3. The summed E-state index contributed by atoms with van der Waals surface area (Å²) in [6.07, 6.45) is 3.56. The number of halogens is 1. The van der Waals surface area contributed by atoms with Crippen LogP contribution in [0.4, 0.5) is 0 Å². The molecule has 0 fully saturated rings. The van der Waals surface area contributed by atoms with Crippen molar-refractivity contribution in [1.29, 1.82) is 0 Å². The highest BCUT2D eigenvalue weighted by molar-refractivity contribution is 6.32. The van der Waals surface area contributed by atoms with E-state index in [2.05, 4.69) is 10.3 Å². The summed E-state index contributed by atoms with van der Waals surface area (Å²) in [6.45, 7) is 7.94. The second kappa shape index (κ2) is 8.03. The Morgan fingerprint density at radius 3 is 2.41 bits per heavy atom. The van der Waals surface area contributed by atoms with Gasteiger partial charge < -0.3 is 9.47 Å². The molecule has 2 aromatic rings. The van der Waals surface area contributed by atoms with Gasteiger partial charge in [0.1, 0.15) is 11.5 Å². The van der Waals surface area contributed by atoms with Gasteiger partial charge in [0.05, 0.1) is 23.9 Å². The smallest absolute Gasteiger partial charge is 0.141 e. The van der Waals surface area contributed by atoms with E-state index in [0.29, 0.717) is 24.0 Å². The first-order chi connectivity index (χ1) is 10.7. The summed E-state index contributed by atoms with van der Waals surface area (Å²) in [4.78, 5) is 0. The Kier molecular flexibility index (Phi) is 6.07. The van der Waals surface area contributed by atoms with E-state index in [9.17, 15) is 0 Å². The van der Waals surface area contributed by atoms with Crippen molar-refractivity contribution < 1.29 is 9.47 Å². The molecule has 0 saturated carbocycles. The van der Waals surface area contributed by atoms with Crippen LogP contribution < -0.4 is 9.47 Å². The number of ether oxygens (including phenoxy) is 2. The maximum atomic E-state index is 6.28. The van der Waals surface area contributed by atoms with Crippen molar-refractivity contribution in [2.45, 2.75) is 40.2 Å². The Labute approximate surface area is 136 Å². The first kappa shape index (κ1) is 16.6. The first-order valence-electron chi connectivity index (χ1n) is 7.64. The van der Waals surface area contributed by atoms with Crippen molar-refractivity contribution in [3.63, 3.8) is 0 Å². The summed E-state index contributed by atoms with van der Waals surface area (Å²) in [7, 11) is 0. The maximum Gasteiger partial charge on any atom is 0.141 e. The van der Waals surface area contributed by atoms with Crippen LogP contribution in [0.3, 0.4) is 0 Å². The Hall–Kier alpha value is -1.75. The number of hydrogen-bond acceptors (Lipinski definition) is 4. The summed E-state index contributed by atoms with van der Waals surface area (Å²) in [6, 6.07) is 3.79. The highest BCUT2D eigenvalue weighted by Crippen LogP contribution is 2.33. The standard InChI is InChI=1S/C16H22ClN3O2/c1-4-20-11-13(18-19-20)8-7-12-9-14(17)16(22-6-3)10-15(12)21-5-2/h9-11H,4-8H2,1-3H3. The first-order valence-corrected chi connectivity index (χ1v) is 8.02. The molecular weight excluding hydrogens is 302 g/mol. The van der Waals surface area contributed by atoms with Gasteiger partial charge in [-0.05, 0) is 45.2 Å². The molecule has 1 aromatic carbocycles. The zero-order valence-electron chi connectivity index (χ0n) is 13.3. The lowest BCUT2D eigenvalue weighted by molar-refractivity contribution is 0.321. The second-order valence-corrected chi connectivity index (χ2v) is 5.23. The monoisotopic (exact) mass is 323 g/mol. The van der Waals surface area contributed by atoms with Crippen LogP contribution in [-0.2, 0) is 19.4 Å². The quantitative estimate of drug-likeness (QED) is 0.745. The molecular formula is C16H22ClN3O2. The minimum Gasteiger partial charge on any atom is -0.493 e. The lowest BCUT2D eigenvalue weighted by atomic mass is 10.1. The van der Waals surface area contributed by atoms with Gasteiger partial charge in [0.25, 0.3) is 0 Å². The van der Waals surface area contributed by atoms with E-state index in [1.807, 2.05) is 43.8 Å².